The maximum Gasteiger partial charge on any atom is 0.146 e. The number of rotatable bonds is 3. The first-order valence-corrected chi connectivity index (χ1v) is 3.69. The highest BCUT2D eigenvalue weighted by Crippen LogP contribution is 1.90. The molecule has 0 aliphatic rings. The molecule has 0 aromatic heterocycles. The highest BCUT2D eigenvalue weighted by atomic mass is 32.2. The van der Waals surface area contributed by atoms with Gasteiger partial charge in [0.05, 0.1) is 0 Å². The minimum absolute atomic E-state index is 0.457. The van der Waals surface area contributed by atoms with Gasteiger partial charge in [-0.1, -0.05) is 19.1 Å². The zero-order valence-electron chi connectivity index (χ0n) is 4.81. The van der Waals surface area contributed by atoms with Crippen LogP contribution in [0.4, 0.5) is 0 Å². The van der Waals surface area contributed by atoms with Gasteiger partial charge in [-0.15, -0.1) is 0 Å². The third kappa shape index (κ3) is 6.20. The van der Waals surface area contributed by atoms with Gasteiger partial charge in [0.15, 0.2) is 0 Å². The molecule has 0 aromatic carbocycles. The quantitative estimate of drug-likeness (QED) is 0.356. The third-order valence-corrected chi connectivity index (χ3v) is 1.32. The molecule has 0 fully saturated rings. The Morgan fingerprint density at radius 3 is 2.88 bits per heavy atom. The minimum atomic E-state index is 0.457. The Labute approximate surface area is 59.3 Å². The van der Waals surface area contributed by atoms with Crippen molar-refractivity contribution >= 4 is 28.5 Å². The lowest BCUT2D eigenvalue weighted by Crippen LogP contribution is -2.12. The molecule has 0 radical (unpaired) electrons. The van der Waals surface area contributed by atoms with Gasteiger partial charge in [-0.2, -0.15) is 0 Å². The average Bonchev–Trinajstić information content (AvgIpc) is 1.66. The first-order valence-electron chi connectivity index (χ1n) is 2.46. The molecule has 0 saturated heterocycles. The molecule has 0 aliphatic heterocycles. The van der Waals surface area contributed by atoms with Crippen LogP contribution in [0.25, 0.3) is 0 Å². The maximum absolute atomic E-state index is 5.17. The molecule has 0 aromatic rings. The molecule has 0 saturated carbocycles. The van der Waals surface area contributed by atoms with E-state index in [-0.39, 0.29) is 0 Å². The summed E-state index contributed by atoms with van der Waals surface area (Å²) in [5.41, 5.74) is 5.17. The Morgan fingerprint density at radius 2 is 2.50 bits per heavy atom. The highest BCUT2D eigenvalue weighted by Gasteiger charge is 1.85. The van der Waals surface area contributed by atoms with Gasteiger partial charge >= 0.3 is 0 Å². The van der Waals surface area contributed by atoms with Crippen LogP contribution in [-0.4, -0.2) is 10.9 Å². The molecule has 0 unspecified atom stereocenters. The SMILES string of the molecule is CCCNSC(N)=S. The predicted octanol–water partition coefficient (Wildman–Crippen LogP) is 0.878. The summed E-state index contributed by atoms with van der Waals surface area (Å²) < 4.78 is 3.44. The van der Waals surface area contributed by atoms with Crippen LogP contribution in [0.3, 0.4) is 0 Å². The summed E-state index contributed by atoms with van der Waals surface area (Å²) >= 11 is 5.90. The van der Waals surface area contributed by atoms with Crippen LogP contribution in [0.1, 0.15) is 13.3 Å². The lowest BCUT2D eigenvalue weighted by Gasteiger charge is -1.96. The molecule has 3 N–H and O–H groups in total. The molecule has 8 heavy (non-hydrogen) atoms. The van der Waals surface area contributed by atoms with Crippen LogP contribution >= 0.6 is 24.2 Å². The number of nitrogens with two attached hydrogens (primary N) is 1. The standard InChI is InChI=1S/C4H10N2S2/c1-2-3-6-8-4(5)7/h6H,2-3H2,1H3,(H2,5,7). The Kier molecular flexibility index (Phi) is 5.47. The van der Waals surface area contributed by atoms with Gasteiger partial charge in [-0.3, -0.25) is 4.72 Å². The van der Waals surface area contributed by atoms with Crippen LogP contribution in [0.2, 0.25) is 0 Å². The van der Waals surface area contributed by atoms with E-state index in [1.54, 1.807) is 0 Å². The lowest BCUT2D eigenvalue weighted by atomic mass is 10.5. The van der Waals surface area contributed by atoms with E-state index in [2.05, 4.69) is 23.9 Å². The third-order valence-electron chi connectivity index (χ3n) is 0.525. The smallest absolute Gasteiger partial charge is 0.146 e. The topological polar surface area (TPSA) is 38.0 Å². The molecular formula is C4H10N2S2. The molecule has 0 bridgehead atoms. The van der Waals surface area contributed by atoms with Crippen LogP contribution in [0.5, 0.6) is 0 Å². The largest absolute Gasteiger partial charge is 0.384 e. The first-order chi connectivity index (χ1) is 3.77. The lowest BCUT2D eigenvalue weighted by molar-refractivity contribution is 0.881. The van der Waals surface area contributed by atoms with Crippen molar-refractivity contribution in [2.45, 2.75) is 13.3 Å². The summed E-state index contributed by atoms with van der Waals surface area (Å²) in [4.78, 5) is 0. The number of nitrogens with one attached hydrogen (secondary N) is 1. The fraction of sp³-hybridized carbons (Fsp3) is 0.750. The van der Waals surface area contributed by atoms with Crippen molar-refractivity contribution in [3.63, 3.8) is 0 Å². The molecule has 0 atom stereocenters. The minimum Gasteiger partial charge on any atom is -0.384 e. The number of hydrogen-bond donors (Lipinski definition) is 2. The molecular weight excluding hydrogens is 140 g/mol. The van der Waals surface area contributed by atoms with Gasteiger partial charge in [-0.25, -0.2) is 0 Å². The maximum atomic E-state index is 5.17. The van der Waals surface area contributed by atoms with E-state index < -0.39 is 0 Å². The van der Waals surface area contributed by atoms with E-state index in [4.69, 9.17) is 5.73 Å². The summed E-state index contributed by atoms with van der Waals surface area (Å²) in [6.45, 7) is 3.05. The van der Waals surface area contributed by atoms with E-state index >= 15 is 0 Å². The van der Waals surface area contributed by atoms with Crippen molar-refractivity contribution in [1.82, 2.24) is 4.72 Å². The summed E-state index contributed by atoms with van der Waals surface area (Å²) in [6, 6.07) is 0. The van der Waals surface area contributed by atoms with Gasteiger partial charge < -0.3 is 5.73 Å². The summed E-state index contributed by atoms with van der Waals surface area (Å²) in [6.07, 6.45) is 1.11. The summed E-state index contributed by atoms with van der Waals surface area (Å²) in [5, 5.41) is 0. The summed E-state index contributed by atoms with van der Waals surface area (Å²) in [7, 11) is 0. The van der Waals surface area contributed by atoms with E-state index in [1.165, 1.54) is 11.9 Å². The van der Waals surface area contributed by atoms with Gasteiger partial charge in [0.2, 0.25) is 0 Å². The molecule has 4 heteroatoms. The van der Waals surface area contributed by atoms with Crippen LogP contribution in [-0.2, 0) is 0 Å². The Balaban J connectivity index is 2.82. The van der Waals surface area contributed by atoms with Crippen molar-refractivity contribution in [1.29, 1.82) is 0 Å². The van der Waals surface area contributed by atoms with Crippen molar-refractivity contribution in [3.8, 4) is 0 Å². The fourth-order valence-electron chi connectivity index (χ4n) is 0.224. The van der Waals surface area contributed by atoms with Crippen molar-refractivity contribution in [2.24, 2.45) is 5.73 Å². The zero-order valence-corrected chi connectivity index (χ0v) is 6.44. The van der Waals surface area contributed by atoms with Crippen LogP contribution < -0.4 is 10.5 Å². The van der Waals surface area contributed by atoms with Gasteiger partial charge in [0, 0.05) is 6.54 Å². The van der Waals surface area contributed by atoms with E-state index in [1.807, 2.05) is 0 Å². The Morgan fingerprint density at radius 1 is 1.88 bits per heavy atom. The molecule has 48 valence electrons. The molecule has 0 spiro atoms. The van der Waals surface area contributed by atoms with E-state index in [9.17, 15) is 0 Å². The Hall–Kier alpha value is 0.200. The van der Waals surface area contributed by atoms with Crippen LogP contribution in [0, 0.1) is 0 Å². The normalized spacial score (nSPS) is 9.12. The average molecular weight is 150 g/mol. The van der Waals surface area contributed by atoms with Crippen molar-refractivity contribution in [2.75, 3.05) is 6.54 Å². The van der Waals surface area contributed by atoms with E-state index in [0.29, 0.717) is 4.32 Å². The zero-order chi connectivity index (χ0) is 6.41. The second-order valence-electron chi connectivity index (χ2n) is 1.32. The molecule has 0 heterocycles. The second-order valence-corrected chi connectivity index (χ2v) is 2.95. The van der Waals surface area contributed by atoms with Gasteiger partial charge in [0.25, 0.3) is 0 Å². The van der Waals surface area contributed by atoms with E-state index in [0.717, 1.165) is 13.0 Å². The van der Waals surface area contributed by atoms with Gasteiger partial charge in [-0.05, 0) is 18.4 Å². The number of thiocarbonyl (C=S) groups is 1. The van der Waals surface area contributed by atoms with Crippen molar-refractivity contribution < 1.29 is 0 Å². The Bertz CT molecular complexity index is 74.4. The second kappa shape index (κ2) is 5.34. The first kappa shape index (κ1) is 8.20. The van der Waals surface area contributed by atoms with Gasteiger partial charge in [0.1, 0.15) is 4.32 Å². The molecule has 2 nitrogen and oxygen atoms in total. The highest BCUT2D eigenvalue weighted by molar-refractivity contribution is 8.21. The van der Waals surface area contributed by atoms with Crippen LogP contribution in [0.15, 0.2) is 0 Å². The monoisotopic (exact) mass is 150 g/mol. The predicted molar refractivity (Wildman–Crippen MR) is 42.7 cm³/mol. The summed E-state index contributed by atoms with van der Waals surface area (Å²) in [5.74, 6) is 0. The number of hydrogen-bond acceptors (Lipinski definition) is 3. The molecule has 0 aliphatic carbocycles. The molecule has 0 rings (SSSR count). The van der Waals surface area contributed by atoms with Crippen molar-refractivity contribution in [3.05, 3.63) is 0 Å². The molecule has 0 amide bonds. The fourth-order valence-corrected chi connectivity index (χ4v) is 0.849.